The zero-order valence-electron chi connectivity index (χ0n) is 14.5. The van der Waals surface area contributed by atoms with Gasteiger partial charge in [-0.3, -0.25) is 4.79 Å². The third-order valence-electron chi connectivity index (χ3n) is 3.16. The number of carbonyl (C=O) groups is 1. The lowest BCUT2D eigenvalue weighted by Gasteiger charge is -2.09. The number of rotatable bonds is 8. The molecular formula is C16H21N5O3S2. The van der Waals surface area contributed by atoms with E-state index in [4.69, 9.17) is 5.73 Å². The van der Waals surface area contributed by atoms with Crippen molar-refractivity contribution in [1.29, 1.82) is 0 Å². The molecule has 0 spiro atoms. The number of amides is 1. The Labute approximate surface area is 157 Å². The molecule has 10 heteroatoms. The zero-order chi connectivity index (χ0) is 19.2. The second kappa shape index (κ2) is 9.08. The fourth-order valence-electron chi connectivity index (χ4n) is 2.10. The van der Waals surface area contributed by atoms with E-state index in [1.165, 1.54) is 23.9 Å². The second-order valence-electron chi connectivity index (χ2n) is 5.48. The number of aromatic nitrogens is 2. The van der Waals surface area contributed by atoms with E-state index in [0.29, 0.717) is 10.8 Å². The smallest absolute Gasteiger partial charge is 0.240 e. The number of hydrogen-bond acceptors (Lipinski definition) is 7. The number of benzene rings is 1. The summed E-state index contributed by atoms with van der Waals surface area (Å²) in [5, 5.41) is 3.21. The minimum atomic E-state index is -3.65. The van der Waals surface area contributed by atoms with Crippen molar-refractivity contribution in [3.8, 4) is 0 Å². The third kappa shape index (κ3) is 6.06. The van der Waals surface area contributed by atoms with Crippen LogP contribution >= 0.6 is 11.8 Å². The first-order valence-electron chi connectivity index (χ1n) is 7.85. The first-order valence-corrected chi connectivity index (χ1v) is 10.3. The number of carbonyl (C=O) groups excluding carboxylic acids is 1. The van der Waals surface area contributed by atoms with Crippen molar-refractivity contribution in [1.82, 2.24) is 14.7 Å². The Morgan fingerprint density at radius 1 is 1.19 bits per heavy atom. The van der Waals surface area contributed by atoms with E-state index in [1.54, 1.807) is 12.1 Å². The lowest BCUT2D eigenvalue weighted by molar-refractivity contribution is -0.113. The maximum Gasteiger partial charge on any atom is 0.240 e. The Balaban J connectivity index is 1.99. The summed E-state index contributed by atoms with van der Waals surface area (Å²) < 4.78 is 26.6. The molecule has 0 saturated heterocycles. The minimum absolute atomic E-state index is 0.0639. The van der Waals surface area contributed by atoms with Crippen molar-refractivity contribution in [2.45, 2.75) is 23.9 Å². The van der Waals surface area contributed by atoms with Crippen LogP contribution in [0.2, 0.25) is 0 Å². The van der Waals surface area contributed by atoms with Crippen LogP contribution in [0.25, 0.3) is 0 Å². The van der Waals surface area contributed by atoms with Gasteiger partial charge in [0.2, 0.25) is 15.9 Å². The summed E-state index contributed by atoms with van der Waals surface area (Å²) in [5.74, 6) is -0.159. The third-order valence-corrected chi connectivity index (χ3v) is 5.46. The Kier molecular flexibility index (Phi) is 7.09. The van der Waals surface area contributed by atoms with E-state index in [-0.39, 0.29) is 29.6 Å². The van der Waals surface area contributed by atoms with Crippen LogP contribution < -0.4 is 15.8 Å². The number of sulfonamides is 1. The van der Waals surface area contributed by atoms with Crippen molar-refractivity contribution < 1.29 is 13.2 Å². The average Bonchev–Trinajstić information content (AvgIpc) is 2.58. The molecule has 4 N–H and O–H groups in total. The molecule has 0 unspecified atom stereocenters. The van der Waals surface area contributed by atoms with Crippen molar-refractivity contribution in [3.63, 3.8) is 0 Å². The monoisotopic (exact) mass is 395 g/mol. The Hall–Kier alpha value is -2.01. The van der Waals surface area contributed by atoms with Gasteiger partial charge in [-0.2, -0.15) is 0 Å². The molecule has 1 aromatic heterocycles. The largest absolute Gasteiger partial charge is 0.329 e. The minimum Gasteiger partial charge on any atom is -0.329 e. The topological polar surface area (TPSA) is 127 Å². The zero-order valence-corrected chi connectivity index (χ0v) is 16.2. The first kappa shape index (κ1) is 20.3. The number of anilines is 1. The summed E-state index contributed by atoms with van der Waals surface area (Å²) in [6.45, 7) is 4.08. The van der Waals surface area contributed by atoms with E-state index in [1.807, 2.05) is 19.9 Å². The van der Waals surface area contributed by atoms with Gasteiger partial charge in [0.15, 0.2) is 5.16 Å². The molecule has 2 rings (SSSR count). The molecule has 1 amide bonds. The molecule has 1 heterocycles. The molecule has 0 aliphatic rings. The van der Waals surface area contributed by atoms with E-state index in [0.717, 1.165) is 11.4 Å². The molecule has 0 fully saturated rings. The maximum absolute atomic E-state index is 12.1. The summed E-state index contributed by atoms with van der Waals surface area (Å²) in [6, 6.07) is 7.89. The van der Waals surface area contributed by atoms with Crippen molar-refractivity contribution in [2.75, 3.05) is 24.2 Å². The molecule has 140 valence electrons. The molecule has 2 aromatic rings. The van der Waals surface area contributed by atoms with Crippen LogP contribution in [0.1, 0.15) is 11.4 Å². The average molecular weight is 396 g/mol. The van der Waals surface area contributed by atoms with Crippen LogP contribution in [-0.2, 0) is 14.8 Å². The molecule has 0 aliphatic carbocycles. The summed E-state index contributed by atoms with van der Waals surface area (Å²) in [5.41, 5.74) is 7.38. The first-order chi connectivity index (χ1) is 12.3. The lowest BCUT2D eigenvalue weighted by atomic mass is 10.3. The normalized spacial score (nSPS) is 11.3. The molecule has 8 nitrogen and oxygen atoms in total. The number of hydrogen-bond donors (Lipinski definition) is 3. The quantitative estimate of drug-likeness (QED) is 0.450. The van der Waals surface area contributed by atoms with Crippen molar-refractivity contribution in [3.05, 3.63) is 41.7 Å². The molecule has 1 aromatic carbocycles. The van der Waals surface area contributed by atoms with Crippen molar-refractivity contribution >= 4 is 33.4 Å². The van der Waals surface area contributed by atoms with E-state index >= 15 is 0 Å². The number of thioether (sulfide) groups is 1. The number of nitrogens with one attached hydrogen (secondary N) is 2. The highest BCUT2D eigenvalue weighted by atomic mass is 32.2. The SMILES string of the molecule is Cc1cc(C)nc(SCC(=O)Nc2cccc(S(=O)(=O)NCCN)c2)n1. The second-order valence-corrected chi connectivity index (χ2v) is 8.19. The number of nitrogens with two attached hydrogens (primary N) is 1. The maximum atomic E-state index is 12.1. The van der Waals surface area contributed by atoms with E-state index in [9.17, 15) is 13.2 Å². The van der Waals surface area contributed by atoms with Gasteiger partial charge < -0.3 is 11.1 Å². The van der Waals surface area contributed by atoms with Crippen LogP contribution in [0.15, 0.2) is 40.4 Å². The summed E-state index contributed by atoms with van der Waals surface area (Å²) in [7, 11) is -3.65. The fraction of sp³-hybridized carbons (Fsp3) is 0.312. The van der Waals surface area contributed by atoms with Crippen LogP contribution in [0.5, 0.6) is 0 Å². The molecule has 0 bridgehead atoms. The van der Waals surface area contributed by atoms with Crippen LogP contribution in [0.3, 0.4) is 0 Å². The van der Waals surface area contributed by atoms with Gasteiger partial charge in [-0.1, -0.05) is 17.8 Å². The van der Waals surface area contributed by atoms with Gasteiger partial charge in [0, 0.05) is 30.2 Å². The van der Waals surface area contributed by atoms with Crippen LogP contribution in [0, 0.1) is 13.8 Å². The Morgan fingerprint density at radius 3 is 2.54 bits per heavy atom. The van der Waals surface area contributed by atoms with Crippen LogP contribution in [0.4, 0.5) is 5.69 Å². The van der Waals surface area contributed by atoms with E-state index < -0.39 is 10.0 Å². The van der Waals surface area contributed by atoms with Gasteiger partial charge in [-0.05, 0) is 38.1 Å². The van der Waals surface area contributed by atoms with Gasteiger partial charge >= 0.3 is 0 Å². The van der Waals surface area contributed by atoms with Gasteiger partial charge in [-0.25, -0.2) is 23.1 Å². The van der Waals surface area contributed by atoms with Gasteiger partial charge in [0.1, 0.15) is 0 Å². The summed E-state index contributed by atoms with van der Waals surface area (Å²) >= 11 is 1.22. The fourth-order valence-corrected chi connectivity index (χ4v) is 3.95. The number of nitrogens with zero attached hydrogens (tertiary/aromatic N) is 2. The molecular weight excluding hydrogens is 374 g/mol. The standard InChI is InChI=1S/C16H21N5O3S2/c1-11-8-12(2)20-16(19-11)25-10-15(22)21-13-4-3-5-14(9-13)26(23,24)18-7-6-17/h3-5,8-9,18H,6-7,10,17H2,1-2H3,(H,21,22). The highest BCUT2D eigenvalue weighted by molar-refractivity contribution is 7.99. The predicted octanol–water partition coefficient (Wildman–Crippen LogP) is 1.06. The summed E-state index contributed by atoms with van der Waals surface area (Å²) in [4.78, 5) is 20.7. The lowest BCUT2D eigenvalue weighted by Crippen LogP contribution is -2.29. The number of aryl methyl sites for hydroxylation is 2. The van der Waals surface area contributed by atoms with Crippen LogP contribution in [-0.4, -0.2) is 43.1 Å². The Morgan fingerprint density at radius 2 is 1.88 bits per heavy atom. The van der Waals surface area contributed by atoms with Crippen molar-refractivity contribution in [2.24, 2.45) is 5.73 Å². The van der Waals surface area contributed by atoms with Gasteiger partial charge in [0.25, 0.3) is 0 Å². The van der Waals surface area contributed by atoms with Gasteiger partial charge in [-0.15, -0.1) is 0 Å². The summed E-state index contributed by atoms with van der Waals surface area (Å²) in [6.07, 6.45) is 0. The molecule has 0 saturated carbocycles. The molecule has 0 radical (unpaired) electrons. The predicted molar refractivity (Wildman–Crippen MR) is 102 cm³/mol. The molecule has 26 heavy (non-hydrogen) atoms. The highest BCUT2D eigenvalue weighted by Crippen LogP contribution is 2.17. The van der Waals surface area contributed by atoms with Gasteiger partial charge in [0.05, 0.1) is 10.6 Å². The molecule has 0 aliphatic heterocycles. The Bertz CT molecular complexity index is 867. The van der Waals surface area contributed by atoms with E-state index in [2.05, 4.69) is 20.0 Å². The molecule has 0 atom stereocenters. The highest BCUT2D eigenvalue weighted by Gasteiger charge is 2.14.